The number of halogens is 1. The Bertz CT molecular complexity index is 861. The van der Waals surface area contributed by atoms with Gasteiger partial charge in [0.05, 0.1) is 11.7 Å². The topological polar surface area (TPSA) is 87.4 Å². The molecule has 140 valence electrons. The molecule has 9 heteroatoms. The molecule has 2 aromatic heterocycles. The van der Waals surface area contributed by atoms with Crippen LogP contribution in [0.15, 0.2) is 18.2 Å². The Morgan fingerprint density at radius 1 is 1.15 bits per heavy atom. The van der Waals surface area contributed by atoms with Gasteiger partial charge in [-0.25, -0.2) is 9.37 Å². The van der Waals surface area contributed by atoms with Gasteiger partial charge in [-0.05, 0) is 19.1 Å². The Morgan fingerprint density at radius 3 is 2.63 bits per heavy atom. The number of hydrogen-bond acceptors (Lipinski definition) is 8. The van der Waals surface area contributed by atoms with Crippen LogP contribution in [0.5, 0.6) is 11.6 Å². The molecule has 8 nitrogen and oxygen atoms in total. The summed E-state index contributed by atoms with van der Waals surface area (Å²) in [5.41, 5.74) is 0.664. The van der Waals surface area contributed by atoms with E-state index in [1.165, 1.54) is 6.07 Å². The number of hydrogen-bond donors (Lipinski definition) is 0. The number of nitriles is 1. The van der Waals surface area contributed by atoms with Crippen molar-refractivity contribution < 1.29 is 13.9 Å². The summed E-state index contributed by atoms with van der Waals surface area (Å²) in [7, 11) is 0. The number of aromatic nitrogens is 3. The number of ether oxygens (including phenoxy) is 2. The maximum atomic E-state index is 14.5. The molecule has 4 rings (SSSR count). The molecule has 0 N–H and O–H groups in total. The summed E-state index contributed by atoms with van der Waals surface area (Å²) in [5.74, 6) is 1.08. The fourth-order valence-electron chi connectivity index (χ4n) is 3.32. The van der Waals surface area contributed by atoms with E-state index in [1.807, 2.05) is 13.0 Å². The molecule has 0 radical (unpaired) electrons. The number of nitrogens with zero attached hydrogens (tertiary/aromatic N) is 6. The summed E-state index contributed by atoms with van der Waals surface area (Å²) in [6.45, 7) is 5.71. The molecular formula is C18H19FN6O2. The average molecular weight is 370 g/mol. The Morgan fingerprint density at radius 2 is 1.93 bits per heavy atom. The fourth-order valence-corrected chi connectivity index (χ4v) is 3.32. The molecule has 1 unspecified atom stereocenters. The summed E-state index contributed by atoms with van der Waals surface area (Å²) in [4.78, 5) is 8.63. The van der Waals surface area contributed by atoms with E-state index in [-0.39, 0.29) is 11.9 Å². The summed E-state index contributed by atoms with van der Waals surface area (Å²) in [5, 5.41) is 16.8. The molecule has 2 aliphatic rings. The van der Waals surface area contributed by atoms with Crippen LogP contribution < -0.4 is 14.4 Å². The average Bonchev–Trinajstić information content (AvgIpc) is 2.73. The van der Waals surface area contributed by atoms with E-state index >= 15 is 0 Å². The van der Waals surface area contributed by atoms with Gasteiger partial charge in [0.25, 0.3) is 5.88 Å². The van der Waals surface area contributed by atoms with Gasteiger partial charge in [0.1, 0.15) is 25.1 Å². The van der Waals surface area contributed by atoms with Crippen LogP contribution in [0.1, 0.15) is 24.4 Å². The summed E-state index contributed by atoms with van der Waals surface area (Å²) in [6.07, 6.45) is 0. The highest BCUT2D eigenvalue weighted by atomic mass is 19.1. The van der Waals surface area contributed by atoms with Gasteiger partial charge in [-0.1, -0.05) is 0 Å². The van der Waals surface area contributed by atoms with Crippen molar-refractivity contribution in [2.75, 3.05) is 44.3 Å². The zero-order valence-electron chi connectivity index (χ0n) is 14.9. The van der Waals surface area contributed by atoms with Gasteiger partial charge in [-0.3, -0.25) is 4.90 Å². The van der Waals surface area contributed by atoms with Crippen LogP contribution >= 0.6 is 0 Å². The van der Waals surface area contributed by atoms with E-state index in [0.717, 1.165) is 32.0 Å². The van der Waals surface area contributed by atoms with Gasteiger partial charge in [-0.2, -0.15) is 5.26 Å². The lowest BCUT2D eigenvalue weighted by atomic mass is 10.1. The fraction of sp³-hybridized carbons (Fsp3) is 0.444. The Labute approximate surface area is 156 Å². The molecule has 1 atom stereocenters. The predicted octanol–water partition coefficient (Wildman–Crippen LogP) is 1.54. The Balaban J connectivity index is 1.44. The highest BCUT2D eigenvalue weighted by Crippen LogP contribution is 2.33. The second-order valence-electron chi connectivity index (χ2n) is 6.44. The van der Waals surface area contributed by atoms with E-state index in [1.54, 1.807) is 12.1 Å². The standard InChI is InChI=1S/C18H19FN6O2/c1-12(17-14(19)10-15-18(21-17)27-9-8-26-15)24-4-6-25(7-5-24)16-3-2-13(11-20)22-23-16/h2-3,10,12H,4-9H2,1H3. The molecule has 0 aliphatic carbocycles. The molecule has 0 bridgehead atoms. The van der Waals surface area contributed by atoms with E-state index in [9.17, 15) is 4.39 Å². The van der Waals surface area contributed by atoms with Crippen molar-refractivity contribution in [1.82, 2.24) is 20.1 Å². The molecule has 2 aliphatic heterocycles. The predicted molar refractivity (Wildman–Crippen MR) is 94.1 cm³/mol. The molecule has 4 heterocycles. The molecule has 0 saturated carbocycles. The Hall–Kier alpha value is -2.99. The van der Waals surface area contributed by atoms with Crippen LogP contribution in [-0.4, -0.2) is 59.5 Å². The molecule has 1 fully saturated rings. The number of pyridine rings is 1. The molecule has 0 spiro atoms. The van der Waals surface area contributed by atoms with Crippen molar-refractivity contribution in [2.45, 2.75) is 13.0 Å². The van der Waals surface area contributed by atoms with Crippen molar-refractivity contribution in [3.8, 4) is 17.7 Å². The van der Waals surface area contributed by atoms with Gasteiger partial charge in [-0.15, -0.1) is 10.2 Å². The zero-order valence-corrected chi connectivity index (χ0v) is 14.9. The maximum Gasteiger partial charge on any atom is 0.257 e. The maximum absolute atomic E-state index is 14.5. The lowest BCUT2D eigenvalue weighted by Crippen LogP contribution is -2.47. The zero-order chi connectivity index (χ0) is 18.8. The molecule has 0 aromatic carbocycles. The lowest BCUT2D eigenvalue weighted by molar-refractivity contribution is 0.157. The number of fused-ring (bicyclic) bond motifs is 1. The summed E-state index contributed by atoms with van der Waals surface area (Å²) in [6, 6.07) is 6.59. The van der Waals surface area contributed by atoms with Gasteiger partial charge in [0, 0.05) is 32.2 Å². The number of piperazine rings is 1. The third-order valence-electron chi connectivity index (χ3n) is 4.86. The highest BCUT2D eigenvalue weighted by molar-refractivity contribution is 5.40. The monoisotopic (exact) mass is 370 g/mol. The van der Waals surface area contributed by atoms with E-state index in [2.05, 4.69) is 25.0 Å². The van der Waals surface area contributed by atoms with Crippen LogP contribution in [0.25, 0.3) is 0 Å². The first-order valence-corrected chi connectivity index (χ1v) is 8.84. The van der Waals surface area contributed by atoms with Crippen LogP contribution in [0.2, 0.25) is 0 Å². The Kier molecular flexibility index (Phi) is 4.73. The van der Waals surface area contributed by atoms with Crippen molar-refractivity contribution >= 4 is 5.82 Å². The van der Waals surface area contributed by atoms with Crippen LogP contribution in [0.4, 0.5) is 10.2 Å². The molecule has 1 saturated heterocycles. The molecule has 27 heavy (non-hydrogen) atoms. The van der Waals surface area contributed by atoms with Crippen molar-refractivity contribution in [3.63, 3.8) is 0 Å². The third kappa shape index (κ3) is 3.48. The minimum atomic E-state index is -0.382. The molecular weight excluding hydrogens is 351 g/mol. The smallest absolute Gasteiger partial charge is 0.257 e. The van der Waals surface area contributed by atoms with Crippen molar-refractivity contribution in [1.29, 1.82) is 5.26 Å². The van der Waals surface area contributed by atoms with Crippen LogP contribution in [0, 0.1) is 17.1 Å². The number of rotatable bonds is 3. The molecule has 2 aromatic rings. The first kappa shape index (κ1) is 17.4. The number of anilines is 1. The summed E-state index contributed by atoms with van der Waals surface area (Å²) < 4.78 is 25.4. The van der Waals surface area contributed by atoms with Gasteiger partial charge in [0.15, 0.2) is 17.3 Å². The van der Waals surface area contributed by atoms with Crippen LogP contribution in [0.3, 0.4) is 0 Å². The first-order valence-electron chi connectivity index (χ1n) is 8.84. The summed E-state index contributed by atoms with van der Waals surface area (Å²) >= 11 is 0. The molecule has 0 amide bonds. The quantitative estimate of drug-likeness (QED) is 0.804. The van der Waals surface area contributed by atoms with E-state index in [4.69, 9.17) is 14.7 Å². The largest absolute Gasteiger partial charge is 0.484 e. The van der Waals surface area contributed by atoms with Gasteiger partial charge >= 0.3 is 0 Å². The van der Waals surface area contributed by atoms with Gasteiger partial charge in [0.2, 0.25) is 0 Å². The minimum Gasteiger partial charge on any atom is -0.484 e. The van der Waals surface area contributed by atoms with E-state index < -0.39 is 0 Å². The van der Waals surface area contributed by atoms with Gasteiger partial charge < -0.3 is 14.4 Å². The highest BCUT2D eigenvalue weighted by Gasteiger charge is 2.27. The van der Waals surface area contributed by atoms with Crippen LogP contribution in [-0.2, 0) is 0 Å². The minimum absolute atomic E-state index is 0.185. The van der Waals surface area contributed by atoms with Crippen molar-refractivity contribution in [2.24, 2.45) is 0 Å². The van der Waals surface area contributed by atoms with Crippen molar-refractivity contribution in [3.05, 3.63) is 35.4 Å². The lowest BCUT2D eigenvalue weighted by Gasteiger charge is -2.38. The third-order valence-corrected chi connectivity index (χ3v) is 4.86. The normalized spacial score (nSPS) is 18.0. The SMILES string of the molecule is CC(c1nc2c(cc1F)OCCO2)N1CCN(c2ccc(C#N)nn2)CC1. The second kappa shape index (κ2) is 7.32. The second-order valence-corrected chi connectivity index (χ2v) is 6.44. The first-order chi connectivity index (χ1) is 13.2. The van der Waals surface area contributed by atoms with E-state index in [0.29, 0.717) is 36.2 Å².